The second kappa shape index (κ2) is 11.6. The molecule has 1 aromatic heterocycles. The van der Waals surface area contributed by atoms with Crippen molar-refractivity contribution in [1.82, 2.24) is 10.3 Å². The minimum atomic E-state index is -3.35. The van der Waals surface area contributed by atoms with Gasteiger partial charge in [-0.15, -0.1) is 13.2 Å². The van der Waals surface area contributed by atoms with Crippen LogP contribution in [0.5, 0.6) is 0 Å². The number of nitrogens with one attached hydrogen (secondary N) is 2. The smallest absolute Gasteiger partial charge is 0.267 e. The largest absolute Gasteiger partial charge is 0.381 e. The van der Waals surface area contributed by atoms with Crippen LogP contribution in [0.1, 0.15) is 47.1 Å². The second-order valence-corrected chi connectivity index (χ2v) is 9.27. The van der Waals surface area contributed by atoms with Crippen LogP contribution in [0.3, 0.4) is 0 Å². The van der Waals surface area contributed by atoms with Crippen molar-refractivity contribution in [2.75, 3.05) is 20.3 Å². The summed E-state index contributed by atoms with van der Waals surface area (Å²) in [7, 11) is -1.66. The highest BCUT2D eigenvalue weighted by Gasteiger charge is 2.29. The van der Waals surface area contributed by atoms with E-state index in [1.54, 1.807) is 43.6 Å². The first-order chi connectivity index (χ1) is 15.0. The van der Waals surface area contributed by atoms with Crippen molar-refractivity contribution in [3.05, 3.63) is 66.0 Å². The van der Waals surface area contributed by atoms with Crippen molar-refractivity contribution in [3.63, 3.8) is 0 Å². The van der Waals surface area contributed by atoms with Gasteiger partial charge in [0.25, 0.3) is 5.91 Å². The zero-order chi connectivity index (χ0) is 22.9. The number of H-pyrrole nitrogens is 1. The minimum absolute atomic E-state index is 0.214. The molecular weight excluding hydrogens is 414 g/mol. The maximum absolute atomic E-state index is 12.7. The van der Waals surface area contributed by atoms with Crippen LogP contribution in [-0.4, -0.2) is 51.0 Å². The molecule has 0 radical (unpaired) electrons. The standard InChI is InChI=1S/C21H27N3O4S.C2H4/c1-3-19-16(14-22-2)12-20(24-19)21(25)23-13-15-4-6-17(7-5-15)29(26,27)18-8-10-28-11-9-18;1-2/h4-7,12,14,18,24H,3,8-11,13H2,1-2H3,(H,23,25);1-2H2. The van der Waals surface area contributed by atoms with Crippen LogP contribution in [0.25, 0.3) is 0 Å². The van der Waals surface area contributed by atoms with Gasteiger partial charge in [-0.1, -0.05) is 19.1 Å². The summed E-state index contributed by atoms with van der Waals surface area (Å²) in [5.41, 5.74) is 3.18. The lowest BCUT2D eigenvalue weighted by molar-refractivity contribution is 0.0946. The van der Waals surface area contributed by atoms with E-state index in [2.05, 4.69) is 28.5 Å². The van der Waals surface area contributed by atoms with Crippen molar-refractivity contribution < 1.29 is 17.9 Å². The summed E-state index contributed by atoms with van der Waals surface area (Å²) in [4.78, 5) is 19.9. The second-order valence-electron chi connectivity index (χ2n) is 7.04. The van der Waals surface area contributed by atoms with E-state index in [-0.39, 0.29) is 11.2 Å². The molecule has 8 heteroatoms. The van der Waals surface area contributed by atoms with E-state index < -0.39 is 9.84 Å². The molecule has 168 valence electrons. The molecule has 1 aliphatic heterocycles. The number of nitrogens with zero attached hydrogens (tertiary/aromatic N) is 1. The molecule has 1 aliphatic rings. The number of rotatable bonds is 7. The summed E-state index contributed by atoms with van der Waals surface area (Å²) in [6.45, 7) is 9.29. The highest BCUT2D eigenvalue weighted by Crippen LogP contribution is 2.24. The fraction of sp³-hybridized carbons (Fsp3) is 0.391. The number of aliphatic imine (C=N–C) groups is 1. The Balaban J connectivity index is 0.00000166. The molecule has 2 heterocycles. The highest BCUT2D eigenvalue weighted by atomic mass is 32.2. The van der Waals surface area contributed by atoms with E-state index >= 15 is 0 Å². The fourth-order valence-corrected chi connectivity index (χ4v) is 5.15. The summed E-state index contributed by atoms with van der Waals surface area (Å²) < 4.78 is 30.7. The molecule has 2 N–H and O–H groups in total. The van der Waals surface area contributed by atoms with Crippen LogP contribution in [0, 0.1) is 0 Å². The molecule has 1 aromatic carbocycles. The summed E-state index contributed by atoms with van der Waals surface area (Å²) in [5.74, 6) is -0.214. The van der Waals surface area contributed by atoms with Crippen LogP contribution < -0.4 is 5.32 Å². The zero-order valence-electron chi connectivity index (χ0n) is 18.2. The minimum Gasteiger partial charge on any atom is -0.381 e. The van der Waals surface area contributed by atoms with Gasteiger partial charge in [0.2, 0.25) is 0 Å². The molecule has 7 nitrogen and oxygen atoms in total. The third kappa shape index (κ3) is 6.15. The Morgan fingerprint density at radius 3 is 2.48 bits per heavy atom. The topological polar surface area (TPSA) is 101 Å². The van der Waals surface area contributed by atoms with Gasteiger partial charge >= 0.3 is 0 Å². The van der Waals surface area contributed by atoms with Crippen LogP contribution in [0.4, 0.5) is 0 Å². The molecular formula is C23H31N3O4S. The van der Waals surface area contributed by atoms with Crippen LogP contribution in [-0.2, 0) is 27.5 Å². The van der Waals surface area contributed by atoms with Crippen molar-refractivity contribution in [1.29, 1.82) is 0 Å². The molecule has 0 atom stereocenters. The van der Waals surface area contributed by atoms with Crippen molar-refractivity contribution in [2.24, 2.45) is 4.99 Å². The van der Waals surface area contributed by atoms with Crippen LogP contribution in [0.2, 0.25) is 0 Å². The van der Waals surface area contributed by atoms with E-state index in [0.717, 1.165) is 23.2 Å². The van der Waals surface area contributed by atoms with E-state index in [1.165, 1.54) is 0 Å². The number of ether oxygens (including phenoxy) is 1. The Morgan fingerprint density at radius 2 is 1.90 bits per heavy atom. The molecule has 0 aliphatic carbocycles. The zero-order valence-corrected chi connectivity index (χ0v) is 19.0. The summed E-state index contributed by atoms with van der Waals surface area (Å²) >= 11 is 0. The third-order valence-corrected chi connectivity index (χ3v) is 7.39. The van der Waals surface area contributed by atoms with E-state index in [1.807, 2.05) is 6.92 Å². The SMILES string of the molecule is C=C.CCc1[nH]c(C(=O)NCc2ccc(S(=O)(=O)C3CCOCC3)cc2)cc1C=NC. The van der Waals surface area contributed by atoms with Gasteiger partial charge in [0, 0.05) is 44.3 Å². The molecule has 0 unspecified atom stereocenters. The maximum atomic E-state index is 12.7. The Bertz CT molecular complexity index is 988. The number of aromatic nitrogens is 1. The van der Waals surface area contributed by atoms with Crippen LogP contribution >= 0.6 is 0 Å². The van der Waals surface area contributed by atoms with Gasteiger partial charge in [-0.25, -0.2) is 8.42 Å². The predicted molar refractivity (Wildman–Crippen MR) is 124 cm³/mol. The molecule has 1 saturated heterocycles. The van der Waals surface area contributed by atoms with Gasteiger partial charge in [0.1, 0.15) is 5.69 Å². The van der Waals surface area contributed by atoms with Crippen molar-refractivity contribution in [3.8, 4) is 0 Å². The summed E-state index contributed by atoms with van der Waals surface area (Å²) in [5, 5.41) is 2.48. The number of aromatic amines is 1. The number of hydrogen-bond acceptors (Lipinski definition) is 5. The number of carbonyl (C=O) groups is 1. The normalized spacial score (nSPS) is 14.8. The number of benzene rings is 1. The molecule has 3 rings (SSSR count). The average molecular weight is 446 g/mol. The maximum Gasteiger partial charge on any atom is 0.267 e. The molecule has 31 heavy (non-hydrogen) atoms. The predicted octanol–water partition coefficient (Wildman–Crippen LogP) is 3.31. The number of sulfone groups is 1. The molecule has 0 spiro atoms. The summed E-state index contributed by atoms with van der Waals surface area (Å²) in [6, 6.07) is 8.50. The first-order valence-corrected chi connectivity index (χ1v) is 11.8. The lowest BCUT2D eigenvalue weighted by atomic mass is 10.2. The Kier molecular flexibility index (Phi) is 9.21. The Morgan fingerprint density at radius 1 is 1.26 bits per heavy atom. The van der Waals surface area contributed by atoms with Gasteiger partial charge in [0.05, 0.1) is 10.1 Å². The lowest BCUT2D eigenvalue weighted by Gasteiger charge is -2.22. The molecule has 0 saturated carbocycles. The molecule has 1 amide bonds. The molecule has 0 bridgehead atoms. The van der Waals surface area contributed by atoms with E-state index in [9.17, 15) is 13.2 Å². The fourth-order valence-electron chi connectivity index (χ4n) is 3.44. The number of hydrogen-bond donors (Lipinski definition) is 2. The van der Waals surface area contributed by atoms with Gasteiger partial charge in [-0.2, -0.15) is 0 Å². The Hall–Kier alpha value is -2.71. The number of aryl methyl sites for hydroxylation is 1. The summed E-state index contributed by atoms with van der Waals surface area (Å²) in [6.07, 6.45) is 3.56. The number of carbonyl (C=O) groups excluding carboxylic acids is 1. The molecule has 2 aromatic rings. The van der Waals surface area contributed by atoms with Gasteiger partial charge < -0.3 is 15.0 Å². The first-order valence-electron chi connectivity index (χ1n) is 10.3. The van der Waals surface area contributed by atoms with Gasteiger partial charge in [0.15, 0.2) is 9.84 Å². The third-order valence-electron chi connectivity index (χ3n) is 5.11. The van der Waals surface area contributed by atoms with Crippen molar-refractivity contribution >= 4 is 22.0 Å². The molecule has 1 fully saturated rings. The van der Waals surface area contributed by atoms with E-state index in [4.69, 9.17) is 4.74 Å². The number of amides is 1. The lowest BCUT2D eigenvalue weighted by Crippen LogP contribution is -2.29. The monoisotopic (exact) mass is 445 g/mol. The average Bonchev–Trinajstić information content (AvgIpc) is 3.23. The van der Waals surface area contributed by atoms with Crippen molar-refractivity contribution in [2.45, 2.75) is 42.9 Å². The van der Waals surface area contributed by atoms with Gasteiger partial charge in [-0.3, -0.25) is 9.79 Å². The van der Waals surface area contributed by atoms with Crippen LogP contribution in [0.15, 0.2) is 53.4 Å². The Labute approximate surface area is 184 Å². The van der Waals surface area contributed by atoms with Gasteiger partial charge in [-0.05, 0) is 43.0 Å². The highest BCUT2D eigenvalue weighted by molar-refractivity contribution is 7.92. The quantitative estimate of drug-likeness (QED) is 0.504. The first kappa shape index (κ1) is 24.6. The van der Waals surface area contributed by atoms with E-state index in [0.29, 0.717) is 43.2 Å².